The predicted molar refractivity (Wildman–Crippen MR) is 92.4 cm³/mol. The van der Waals surface area contributed by atoms with E-state index in [2.05, 4.69) is 10.3 Å². The Labute approximate surface area is 154 Å². The van der Waals surface area contributed by atoms with Crippen molar-refractivity contribution in [1.82, 2.24) is 4.98 Å². The molecule has 9 heteroatoms. The summed E-state index contributed by atoms with van der Waals surface area (Å²) in [6, 6.07) is 1.60. The van der Waals surface area contributed by atoms with Gasteiger partial charge in [0.25, 0.3) is 5.91 Å². The molecule has 1 saturated carbocycles. The standard InChI is InChI=1S/C16H15Cl2N3O4/c1-24-10-4-13(25-8-9-2-3-9)15(19-5-10)16(22)20-14-11(17)6-21(23)7-12(14)18/h4-7,9H,2-3,8H2,1H3,(H,20,22). The number of carbonyl (C=O) groups excluding carboxylic acids is 1. The number of amides is 1. The monoisotopic (exact) mass is 383 g/mol. The predicted octanol–water partition coefficient (Wildman–Crippen LogP) is 3.07. The molecule has 132 valence electrons. The van der Waals surface area contributed by atoms with Gasteiger partial charge in [0, 0.05) is 6.07 Å². The molecular weight excluding hydrogens is 369 g/mol. The van der Waals surface area contributed by atoms with Gasteiger partial charge in [0.15, 0.2) is 11.4 Å². The molecule has 25 heavy (non-hydrogen) atoms. The van der Waals surface area contributed by atoms with Crippen LogP contribution in [0, 0.1) is 11.1 Å². The summed E-state index contributed by atoms with van der Waals surface area (Å²) in [5.41, 5.74) is 0.207. The van der Waals surface area contributed by atoms with Gasteiger partial charge in [-0.05, 0) is 18.8 Å². The van der Waals surface area contributed by atoms with E-state index in [1.54, 1.807) is 6.07 Å². The Bertz CT molecular complexity index is 789. The van der Waals surface area contributed by atoms with Gasteiger partial charge >= 0.3 is 0 Å². The Morgan fingerprint density at radius 1 is 1.40 bits per heavy atom. The molecule has 0 bridgehead atoms. The van der Waals surface area contributed by atoms with Crippen LogP contribution in [-0.2, 0) is 0 Å². The molecule has 0 atom stereocenters. The molecule has 2 heterocycles. The maximum Gasteiger partial charge on any atom is 0.278 e. The third-order valence-corrected chi connectivity index (χ3v) is 4.22. The molecule has 0 unspecified atom stereocenters. The first kappa shape index (κ1) is 17.6. The first-order valence-corrected chi connectivity index (χ1v) is 8.29. The lowest BCUT2D eigenvalue weighted by Crippen LogP contribution is -2.26. The smallest absolute Gasteiger partial charge is 0.278 e. The number of pyridine rings is 2. The second-order valence-electron chi connectivity index (χ2n) is 5.62. The minimum absolute atomic E-state index is 0.0183. The number of carbonyl (C=O) groups is 1. The van der Waals surface area contributed by atoms with E-state index in [0.717, 1.165) is 25.2 Å². The van der Waals surface area contributed by atoms with Crippen molar-refractivity contribution >= 4 is 34.8 Å². The normalized spacial score (nSPS) is 13.4. The summed E-state index contributed by atoms with van der Waals surface area (Å²) in [6.07, 6.45) is 5.83. The highest BCUT2D eigenvalue weighted by atomic mass is 35.5. The minimum Gasteiger partial charge on any atom is -0.619 e. The van der Waals surface area contributed by atoms with Crippen molar-refractivity contribution in [3.05, 3.63) is 45.6 Å². The van der Waals surface area contributed by atoms with Gasteiger partial charge < -0.3 is 20.0 Å². The molecule has 2 aromatic rings. The van der Waals surface area contributed by atoms with Gasteiger partial charge in [0.05, 0.1) is 25.6 Å². The van der Waals surface area contributed by atoms with Gasteiger partial charge in [0.2, 0.25) is 12.4 Å². The quantitative estimate of drug-likeness (QED) is 0.611. The summed E-state index contributed by atoms with van der Waals surface area (Å²) < 4.78 is 11.3. The summed E-state index contributed by atoms with van der Waals surface area (Å²) >= 11 is 11.9. The summed E-state index contributed by atoms with van der Waals surface area (Å²) in [5.74, 6) is 0.741. The third-order valence-electron chi connectivity index (χ3n) is 3.65. The van der Waals surface area contributed by atoms with E-state index in [1.807, 2.05) is 0 Å². The Hall–Kier alpha value is -2.25. The number of nitrogens with zero attached hydrogens (tertiary/aromatic N) is 2. The lowest BCUT2D eigenvalue weighted by Gasteiger charge is -2.13. The molecule has 0 aromatic carbocycles. The van der Waals surface area contributed by atoms with Crippen LogP contribution < -0.4 is 19.5 Å². The topological polar surface area (TPSA) is 87.4 Å². The zero-order chi connectivity index (χ0) is 18.0. The molecule has 3 rings (SSSR count). The van der Waals surface area contributed by atoms with E-state index in [0.29, 0.717) is 28.8 Å². The average Bonchev–Trinajstić information content (AvgIpc) is 3.40. The molecule has 0 radical (unpaired) electrons. The minimum atomic E-state index is -0.555. The van der Waals surface area contributed by atoms with Crippen LogP contribution in [0.1, 0.15) is 23.3 Å². The number of rotatable bonds is 6. The molecule has 1 aliphatic carbocycles. The van der Waals surface area contributed by atoms with Crippen LogP contribution in [0.2, 0.25) is 10.0 Å². The van der Waals surface area contributed by atoms with Crippen LogP contribution in [0.3, 0.4) is 0 Å². The van der Waals surface area contributed by atoms with E-state index < -0.39 is 5.91 Å². The summed E-state index contributed by atoms with van der Waals surface area (Å²) in [7, 11) is 1.50. The number of hydrogen-bond acceptors (Lipinski definition) is 5. The second-order valence-corrected chi connectivity index (χ2v) is 6.43. The first-order chi connectivity index (χ1) is 12.0. The molecular formula is C16H15Cl2N3O4. The van der Waals surface area contributed by atoms with Crippen LogP contribution in [0.15, 0.2) is 24.7 Å². The highest BCUT2D eigenvalue weighted by Gasteiger charge is 2.25. The zero-order valence-electron chi connectivity index (χ0n) is 13.3. The van der Waals surface area contributed by atoms with Gasteiger partial charge in [-0.3, -0.25) is 4.79 Å². The Morgan fingerprint density at radius 2 is 2.08 bits per heavy atom. The maximum absolute atomic E-state index is 12.6. The molecule has 1 N–H and O–H groups in total. The van der Waals surface area contributed by atoms with E-state index in [4.69, 9.17) is 32.7 Å². The highest BCUT2D eigenvalue weighted by molar-refractivity contribution is 6.39. The lowest BCUT2D eigenvalue weighted by atomic mass is 10.2. The van der Waals surface area contributed by atoms with Gasteiger partial charge in [0.1, 0.15) is 15.8 Å². The number of hydrogen-bond donors (Lipinski definition) is 1. The van der Waals surface area contributed by atoms with E-state index in [-0.39, 0.29) is 21.4 Å². The maximum atomic E-state index is 12.6. The highest BCUT2D eigenvalue weighted by Crippen LogP contribution is 2.32. The third kappa shape index (κ3) is 4.24. The van der Waals surface area contributed by atoms with Crippen LogP contribution in [0.5, 0.6) is 11.5 Å². The zero-order valence-corrected chi connectivity index (χ0v) is 14.8. The fraction of sp³-hybridized carbons (Fsp3) is 0.312. The number of halogens is 2. The van der Waals surface area contributed by atoms with Crippen LogP contribution >= 0.6 is 23.2 Å². The average molecular weight is 384 g/mol. The van der Waals surface area contributed by atoms with E-state index in [1.165, 1.54) is 13.3 Å². The van der Waals surface area contributed by atoms with Crippen molar-refractivity contribution in [1.29, 1.82) is 0 Å². The van der Waals surface area contributed by atoms with Crippen LogP contribution in [-0.4, -0.2) is 24.6 Å². The number of methoxy groups -OCH3 is 1. The van der Waals surface area contributed by atoms with Crippen molar-refractivity contribution in [2.75, 3.05) is 19.0 Å². The van der Waals surface area contributed by atoms with E-state index in [9.17, 15) is 10.0 Å². The number of aromatic nitrogens is 2. The largest absolute Gasteiger partial charge is 0.619 e. The van der Waals surface area contributed by atoms with Crippen molar-refractivity contribution in [2.45, 2.75) is 12.8 Å². The summed E-state index contributed by atoms with van der Waals surface area (Å²) in [6.45, 7) is 0.512. The lowest BCUT2D eigenvalue weighted by molar-refractivity contribution is -0.605. The number of ether oxygens (including phenoxy) is 2. The Kier molecular flexibility index (Phi) is 5.15. The Balaban J connectivity index is 1.85. The van der Waals surface area contributed by atoms with Crippen molar-refractivity contribution in [3.8, 4) is 11.5 Å². The first-order valence-electron chi connectivity index (χ1n) is 7.54. The fourth-order valence-electron chi connectivity index (χ4n) is 2.11. The summed E-state index contributed by atoms with van der Waals surface area (Å²) in [4.78, 5) is 16.7. The van der Waals surface area contributed by atoms with Crippen molar-refractivity contribution in [3.63, 3.8) is 0 Å². The molecule has 1 amide bonds. The molecule has 0 aliphatic heterocycles. The van der Waals surface area contributed by atoms with Gasteiger partial charge in [-0.1, -0.05) is 23.2 Å². The summed E-state index contributed by atoms with van der Waals surface area (Å²) in [5, 5.41) is 13.9. The van der Waals surface area contributed by atoms with Crippen LogP contribution in [0.4, 0.5) is 5.69 Å². The van der Waals surface area contributed by atoms with Crippen molar-refractivity contribution in [2.24, 2.45) is 5.92 Å². The molecule has 7 nitrogen and oxygen atoms in total. The van der Waals surface area contributed by atoms with Gasteiger partial charge in [-0.15, -0.1) is 0 Å². The van der Waals surface area contributed by atoms with Gasteiger partial charge in [-0.2, -0.15) is 4.73 Å². The van der Waals surface area contributed by atoms with E-state index >= 15 is 0 Å². The van der Waals surface area contributed by atoms with Gasteiger partial charge in [-0.25, -0.2) is 4.98 Å². The number of nitrogens with one attached hydrogen (secondary N) is 1. The van der Waals surface area contributed by atoms with Crippen molar-refractivity contribution < 1.29 is 19.0 Å². The Morgan fingerprint density at radius 3 is 2.68 bits per heavy atom. The molecule has 1 aliphatic rings. The molecule has 1 fully saturated rings. The second kappa shape index (κ2) is 7.33. The number of anilines is 1. The van der Waals surface area contributed by atoms with Crippen LogP contribution in [0.25, 0.3) is 0 Å². The molecule has 0 saturated heterocycles. The fourth-order valence-corrected chi connectivity index (χ4v) is 2.65. The SMILES string of the molecule is COc1cnc(C(=O)Nc2c(Cl)c[n+]([O-])cc2Cl)c(OCC2CC2)c1. The molecule has 2 aromatic heterocycles. The molecule has 0 spiro atoms.